The molecule has 0 radical (unpaired) electrons. The summed E-state index contributed by atoms with van der Waals surface area (Å²) in [5.74, 6) is 4.17. The Morgan fingerprint density at radius 3 is 2.71 bits per heavy atom. The molecule has 0 spiro atoms. The standard InChI is InChI=1S/C18H24N2O4/c1-4-11-24-13-14-7-9-20(10-8-14)18(21)19-16-6-5-15(22-2)12-17(16)23-3/h1,5-6,12,14H,7-11,13H2,2-3H3,(H,19,21). The van der Waals surface area contributed by atoms with Gasteiger partial charge in [-0.15, -0.1) is 6.42 Å². The molecular formula is C18H24N2O4. The summed E-state index contributed by atoms with van der Waals surface area (Å²) in [5, 5.41) is 2.90. The Bertz CT molecular complexity index is 589. The molecule has 1 fully saturated rings. The zero-order valence-corrected chi connectivity index (χ0v) is 14.2. The first-order valence-electron chi connectivity index (χ1n) is 7.97. The van der Waals surface area contributed by atoms with Gasteiger partial charge in [0.15, 0.2) is 0 Å². The third kappa shape index (κ3) is 4.80. The van der Waals surface area contributed by atoms with Gasteiger partial charge in [0.1, 0.15) is 18.1 Å². The van der Waals surface area contributed by atoms with Crippen LogP contribution in [0.15, 0.2) is 18.2 Å². The number of hydrogen-bond donors (Lipinski definition) is 1. The SMILES string of the molecule is C#CCOCC1CCN(C(=O)Nc2ccc(OC)cc2OC)CC1. The van der Waals surface area contributed by atoms with Gasteiger partial charge >= 0.3 is 6.03 Å². The molecule has 1 aliphatic heterocycles. The lowest BCUT2D eigenvalue weighted by atomic mass is 9.98. The fraction of sp³-hybridized carbons (Fsp3) is 0.500. The minimum absolute atomic E-state index is 0.124. The molecule has 2 rings (SSSR count). The summed E-state index contributed by atoms with van der Waals surface area (Å²) >= 11 is 0. The third-order valence-electron chi connectivity index (χ3n) is 4.09. The van der Waals surface area contributed by atoms with Crippen molar-refractivity contribution < 1.29 is 19.0 Å². The van der Waals surface area contributed by atoms with Crippen molar-refractivity contribution >= 4 is 11.7 Å². The highest BCUT2D eigenvalue weighted by Crippen LogP contribution is 2.29. The number of amides is 2. The van der Waals surface area contributed by atoms with Crippen molar-refractivity contribution in [3.63, 3.8) is 0 Å². The maximum Gasteiger partial charge on any atom is 0.321 e. The number of urea groups is 1. The van der Waals surface area contributed by atoms with Gasteiger partial charge in [0.25, 0.3) is 0 Å². The number of methoxy groups -OCH3 is 2. The van der Waals surface area contributed by atoms with E-state index in [0.29, 0.717) is 49.4 Å². The van der Waals surface area contributed by atoms with E-state index in [4.69, 9.17) is 20.6 Å². The van der Waals surface area contributed by atoms with E-state index in [1.54, 1.807) is 37.3 Å². The van der Waals surface area contributed by atoms with Crippen LogP contribution in [0.2, 0.25) is 0 Å². The quantitative estimate of drug-likeness (QED) is 0.642. The van der Waals surface area contributed by atoms with Gasteiger partial charge in [-0.2, -0.15) is 0 Å². The molecule has 1 N–H and O–H groups in total. The Labute approximate surface area is 143 Å². The Kier molecular flexibility index (Phi) is 6.76. The number of terminal acetylenes is 1. The number of nitrogens with one attached hydrogen (secondary N) is 1. The normalized spacial score (nSPS) is 14.8. The van der Waals surface area contributed by atoms with Crippen molar-refractivity contribution in [3.8, 4) is 23.8 Å². The number of piperidine rings is 1. The number of benzene rings is 1. The second-order valence-electron chi connectivity index (χ2n) is 5.65. The van der Waals surface area contributed by atoms with Crippen LogP contribution in [0.1, 0.15) is 12.8 Å². The van der Waals surface area contributed by atoms with Crippen LogP contribution in [0.4, 0.5) is 10.5 Å². The van der Waals surface area contributed by atoms with E-state index in [9.17, 15) is 4.79 Å². The predicted octanol–water partition coefficient (Wildman–Crippen LogP) is 2.60. The highest BCUT2D eigenvalue weighted by molar-refractivity contribution is 5.91. The largest absolute Gasteiger partial charge is 0.497 e. The van der Waals surface area contributed by atoms with Crippen LogP contribution in [-0.4, -0.2) is 51.5 Å². The maximum absolute atomic E-state index is 12.4. The maximum atomic E-state index is 12.4. The zero-order valence-electron chi connectivity index (χ0n) is 14.2. The number of nitrogens with zero attached hydrogens (tertiary/aromatic N) is 1. The first kappa shape index (κ1) is 18.0. The Balaban J connectivity index is 1.87. The molecule has 2 amide bonds. The molecule has 0 unspecified atom stereocenters. The summed E-state index contributed by atoms with van der Waals surface area (Å²) in [6.07, 6.45) is 7.00. The van der Waals surface area contributed by atoms with Gasteiger partial charge in [-0.1, -0.05) is 5.92 Å². The number of rotatable bonds is 6. The van der Waals surface area contributed by atoms with Gasteiger partial charge in [-0.05, 0) is 30.9 Å². The van der Waals surface area contributed by atoms with E-state index in [-0.39, 0.29) is 6.03 Å². The molecule has 6 nitrogen and oxygen atoms in total. The van der Waals surface area contributed by atoms with Crippen LogP contribution in [0.3, 0.4) is 0 Å². The molecule has 1 saturated heterocycles. The number of hydrogen-bond acceptors (Lipinski definition) is 4. The van der Waals surface area contributed by atoms with Gasteiger partial charge in [0, 0.05) is 19.2 Å². The molecule has 130 valence electrons. The van der Waals surface area contributed by atoms with Gasteiger partial charge in [-0.3, -0.25) is 0 Å². The van der Waals surface area contributed by atoms with Gasteiger partial charge in [0.2, 0.25) is 0 Å². The topological polar surface area (TPSA) is 60.0 Å². The number of anilines is 1. The summed E-state index contributed by atoms with van der Waals surface area (Å²) in [7, 11) is 3.15. The Morgan fingerprint density at radius 2 is 2.08 bits per heavy atom. The number of likely N-dealkylation sites (tertiary alicyclic amines) is 1. The second kappa shape index (κ2) is 9.04. The first-order chi connectivity index (χ1) is 11.7. The fourth-order valence-corrected chi connectivity index (χ4v) is 2.68. The van der Waals surface area contributed by atoms with Crippen molar-refractivity contribution in [2.75, 3.05) is 45.8 Å². The van der Waals surface area contributed by atoms with Crippen molar-refractivity contribution in [1.29, 1.82) is 0 Å². The minimum Gasteiger partial charge on any atom is -0.497 e. The van der Waals surface area contributed by atoms with Gasteiger partial charge in [-0.25, -0.2) is 4.79 Å². The zero-order chi connectivity index (χ0) is 17.4. The fourth-order valence-electron chi connectivity index (χ4n) is 2.68. The smallest absolute Gasteiger partial charge is 0.321 e. The molecule has 0 saturated carbocycles. The Hall–Kier alpha value is -2.39. The van der Waals surface area contributed by atoms with E-state index in [2.05, 4.69) is 11.2 Å². The molecule has 0 bridgehead atoms. The van der Waals surface area contributed by atoms with E-state index in [1.165, 1.54) is 0 Å². The lowest BCUT2D eigenvalue weighted by Gasteiger charge is -2.31. The molecule has 24 heavy (non-hydrogen) atoms. The third-order valence-corrected chi connectivity index (χ3v) is 4.09. The van der Waals surface area contributed by atoms with Crippen LogP contribution in [0.25, 0.3) is 0 Å². The molecule has 1 aliphatic rings. The van der Waals surface area contributed by atoms with E-state index in [0.717, 1.165) is 12.8 Å². The first-order valence-corrected chi connectivity index (χ1v) is 7.97. The molecule has 1 aromatic carbocycles. The van der Waals surface area contributed by atoms with Crippen LogP contribution in [0, 0.1) is 18.3 Å². The highest BCUT2D eigenvalue weighted by atomic mass is 16.5. The second-order valence-corrected chi connectivity index (χ2v) is 5.65. The van der Waals surface area contributed by atoms with Crippen LogP contribution >= 0.6 is 0 Å². The molecule has 0 aromatic heterocycles. The van der Waals surface area contributed by atoms with Crippen molar-refractivity contribution in [2.45, 2.75) is 12.8 Å². The Morgan fingerprint density at radius 1 is 1.33 bits per heavy atom. The molecular weight excluding hydrogens is 308 g/mol. The van der Waals surface area contributed by atoms with Crippen molar-refractivity contribution in [3.05, 3.63) is 18.2 Å². The summed E-state index contributed by atoms with van der Waals surface area (Å²) in [6, 6.07) is 5.18. The number of carbonyl (C=O) groups is 1. The average Bonchev–Trinajstić information content (AvgIpc) is 2.62. The van der Waals surface area contributed by atoms with Crippen molar-refractivity contribution in [1.82, 2.24) is 4.90 Å². The monoisotopic (exact) mass is 332 g/mol. The van der Waals surface area contributed by atoms with Crippen LogP contribution in [-0.2, 0) is 4.74 Å². The average molecular weight is 332 g/mol. The molecule has 0 atom stereocenters. The summed E-state index contributed by atoms with van der Waals surface area (Å²) in [4.78, 5) is 14.2. The summed E-state index contributed by atoms with van der Waals surface area (Å²) in [6.45, 7) is 2.41. The molecule has 6 heteroatoms. The van der Waals surface area contributed by atoms with Crippen LogP contribution in [0.5, 0.6) is 11.5 Å². The molecule has 1 aromatic rings. The van der Waals surface area contributed by atoms with Crippen molar-refractivity contribution in [2.24, 2.45) is 5.92 Å². The number of ether oxygens (including phenoxy) is 3. The highest BCUT2D eigenvalue weighted by Gasteiger charge is 2.23. The summed E-state index contributed by atoms with van der Waals surface area (Å²) in [5.41, 5.74) is 0.628. The van der Waals surface area contributed by atoms with Gasteiger partial charge < -0.3 is 24.4 Å². The molecule has 1 heterocycles. The lowest BCUT2D eigenvalue weighted by molar-refractivity contribution is 0.0932. The van der Waals surface area contributed by atoms with Gasteiger partial charge in [0.05, 0.1) is 26.5 Å². The van der Waals surface area contributed by atoms with Crippen LogP contribution < -0.4 is 14.8 Å². The number of carbonyl (C=O) groups excluding carboxylic acids is 1. The predicted molar refractivity (Wildman–Crippen MR) is 92.5 cm³/mol. The molecule has 0 aliphatic carbocycles. The lowest BCUT2D eigenvalue weighted by Crippen LogP contribution is -2.41. The minimum atomic E-state index is -0.124. The van der Waals surface area contributed by atoms with E-state index >= 15 is 0 Å². The van der Waals surface area contributed by atoms with E-state index in [1.807, 2.05) is 0 Å². The summed E-state index contributed by atoms with van der Waals surface area (Å²) < 4.78 is 15.8. The van der Waals surface area contributed by atoms with E-state index < -0.39 is 0 Å².